The Labute approximate surface area is 84.3 Å². The number of hydrogen-bond donors (Lipinski definition) is 1. The SMILES string of the molecule is CN1CNC(=O)C(C2CCCCC2)=N1. The molecule has 1 amide bonds. The fourth-order valence-corrected chi connectivity index (χ4v) is 2.18. The van der Waals surface area contributed by atoms with E-state index in [2.05, 4.69) is 10.4 Å². The number of nitrogens with zero attached hydrogens (tertiary/aromatic N) is 2. The lowest BCUT2D eigenvalue weighted by molar-refractivity contribution is -0.116. The van der Waals surface area contributed by atoms with Gasteiger partial charge in [0.2, 0.25) is 0 Å². The van der Waals surface area contributed by atoms with Gasteiger partial charge in [-0.1, -0.05) is 19.3 Å². The van der Waals surface area contributed by atoms with Crippen molar-refractivity contribution in [2.75, 3.05) is 13.7 Å². The lowest BCUT2D eigenvalue weighted by Gasteiger charge is -2.28. The second-order valence-corrected chi connectivity index (χ2v) is 4.14. The van der Waals surface area contributed by atoms with E-state index in [9.17, 15) is 4.79 Å². The Morgan fingerprint density at radius 1 is 1.36 bits per heavy atom. The average Bonchev–Trinajstić information content (AvgIpc) is 2.23. The van der Waals surface area contributed by atoms with Crippen molar-refractivity contribution in [3.8, 4) is 0 Å². The highest BCUT2D eigenvalue weighted by molar-refractivity contribution is 6.39. The molecule has 0 aromatic rings. The molecule has 1 aliphatic heterocycles. The van der Waals surface area contributed by atoms with Gasteiger partial charge in [0, 0.05) is 13.0 Å². The minimum absolute atomic E-state index is 0.0370. The van der Waals surface area contributed by atoms with Gasteiger partial charge in [-0.3, -0.25) is 9.80 Å². The van der Waals surface area contributed by atoms with E-state index in [1.165, 1.54) is 19.3 Å². The van der Waals surface area contributed by atoms with Crippen molar-refractivity contribution >= 4 is 11.6 Å². The molecule has 4 heteroatoms. The van der Waals surface area contributed by atoms with Crippen LogP contribution in [0.2, 0.25) is 0 Å². The Morgan fingerprint density at radius 2 is 2.07 bits per heavy atom. The largest absolute Gasteiger partial charge is 0.332 e. The fraction of sp³-hybridized carbons (Fsp3) is 0.800. The Kier molecular flexibility index (Phi) is 2.70. The van der Waals surface area contributed by atoms with Crippen molar-refractivity contribution in [3.63, 3.8) is 0 Å². The molecule has 0 atom stereocenters. The Hall–Kier alpha value is -1.06. The van der Waals surface area contributed by atoms with Crippen LogP contribution in [0.1, 0.15) is 32.1 Å². The molecule has 78 valence electrons. The minimum Gasteiger partial charge on any atom is -0.332 e. The topological polar surface area (TPSA) is 44.7 Å². The van der Waals surface area contributed by atoms with Crippen molar-refractivity contribution in [3.05, 3.63) is 0 Å². The first kappa shape index (κ1) is 9.49. The molecular formula is C10H17N3O. The molecule has 1 aliphatic carbocycles. The summed E-state index contributed by atoms with van der Waals surface area (Å²) in [6.07, 6.45) is 6.03. The van der Waals surface area contributed by atoms with Crippen LogP contribution in [0.4, 0.5) is 0 Å². The van der Waals surface area contributed by atoms with E-state index in [1.54, 1.807) is 5.01 Å². The molecule has 0 spiro atoms. The predicted molar refractivity (Wildman–Crippen MR) is 54.8 cm³/mol. The van der Waals surface area contributed by atoms with Crippen LogP contribution in [0.25, 0.3) is 0 Å². The summed E-state index contributed by atoms with van der Waals surface area (Å²) in [4.78, 5) is 11.6. The fourth-order valence-electron chi connectivity index (χ4n) is 2.18. The molecule has 1 saturated carbocycles. The van der Waals surface area contributed by atoms with Crippen LogP contribution in [0, 0.1) is 5.92 Å². The molecule has 0 aromatic heterocycles. The monoisotopic (exact) mass is 195 g/mol. The van der Waals surface area contributed by atoms with E-state index in [-0.39, 0.29) is 5.91 Å². The van der Waals surface area contributed by atoms with Gasteiger partial charge >= 0.3 is 0 Å². The second-order valence-electron chi connectivity index (χ2n) is 4.14. The zero-order valence-electron chi connectivity index (χ0n) is 8.62. The molecule has 0 saturated heterocycles. The number of hydrazone groups is 1. The molecule has 0 radical (unpaired) electrons. The van der Waals surface area contributed by atoms with Gasteiger partial charge in [0.15, 0.2) is 0 Å². The van der Waals surface area contributed by atoms with Gasteiger partial charge < -0.3 is 5.32 Å². The molecule has 0 bridgehead atoms. The Bertz CT molecular complexity index is 256. The van der Waals surface area contributed by atoms with Crippen molar-refractivity contribution in [1.29, 1.82) is 0 Å². The molecule has 1 fully saturated rings. The number of carbonyl (C=O) groups excluding carboxylic acids is 1. The quantitative estimate of drug-likeness (QED) is 0.677. The average molecular weight is 195 g/mol. The molecule has 2 rings (SSSR count). The predicted octanol–water partition coefficient (Wildman–Crippen LogP) is 0.942. The summed E-state index contributed by atoms with van der Waals surface area (Å²) in [5.41, 5.74) is 0.749. The van der Waals surface area contributed by atoms with E-state index < -0.39 is 0 Å². The molecular weight excluding hydrogens is 178 g/mol. The molecule has 0 unspecified atom stereocenters. The van der Waals surface area contributed by atoms with Crippen molar-refractivity contribution in [2.45, 2.75) is 32.1 Å². The van der Waals surface area contributed by atoms with Gasteiger partial charge in [0.25, 0.3) is 5.91 Å². The maximum Gasteiger partial charge on any atom is 0.269 e. The molecule has 1 N–H and O–H groups in total. The normalized spacial score (nSPS) is 24.5. The van der Waals surface area contributed by atoms with Gasteiger partial charge in [-0.05, 0) is 12.8 Å². The van der Waals surface area contributed by atoms with Gasteiger partial charge in [-0.25, -0.2) is 0 Å². The maximum absolute atomic E-state index is 11.6. The van der Waals surface area contributed by atoms with E-state index >= 15 is 0 Å². The van der Waals surface area contributed by atoms with Gasteiger partial charge in [-0.2, -0.15) is 5.10 Å². The van der Waals surface area contributed by atoms with Crippen molar-refractivity contribution in [2.24, 2.45) is 11.0 Å². The Balaban J connectivity index is 2.09. The van der Waals surface area contributed by atoms with Crippen LogP contribution in [0.3, 0.4) is 0 Å². The van der Waals surface area contributed by atoms with Crippen LogP contribution in [-0.2, 0) is 4.79 Å². The first-order valence-corrected chi connectivity index (χ1v) is 5.35. The zero-order valence-corrected chi connectivity index (χ0v) is 8.62. The standard InChI is InChI=1S/C10H17N3O/c1-13-7-11-10(14)9(12-13)8-5-3-2-4-6-8/h8H,2-7H2,1H3,(H,11,14). The van der Waals surface area contributed by atoms with Crippen molar-refractivity contribution < 1.29 is 4.79 Å². The zero-order chi connectivity index (χ0) is 9.97. The lowest BCUT2D eigenvalue weighted by atomic mass is 9.85. The Morgan fingerprint density at radius 3 is 2.79 bits per heavy atom. The maximum atomic E-state index is 11.6. The number of rotatable bonds is 1. The third-order valence-corrected chi connectivity index (χ3v) is 2.97. The third-order valence-electron chi connectivity index (χ3n) is 2.97. The summed E-state index contributed by atoms with van der Waals surface area (Å²) in [6, 6.07) is 0. The van der Waals surface area contributed by atoms with Gasteiger partial charge in [0.05, 0.1) is 0 Å². The number of nitrogens with one attached hydrogen (secondary N) is 1. The highest BCUT2D eigenvalue weighted by Gasteiger charge is 2.27. The van der Waals surface area contributed by atoms with Crippen LogP contribution in [0.5, 0.6) is 0 Å². The molecule has 2 aliphatic rings. The smallest absolute Gasteiger partial charge is 0.269 e. The third kappa shape index (κ3) is 1.89. The number of amides is 1. The highest BCUT2D eigenvalue weighted by Crippen LogP contribution is 2.25. The van der Waals surface area contributed by atoms with Crippen LogP contribution in [-0.4, -0.2) is 30.3 Å². The van der Waals surface area contributed by atoms with E-state index in [4.69, 9.17) is 0 Å². The summed E-state index contributed by atoms with van der Waals surface area (Å²) in [7, 11) is 1.89. The summed E-state index contributed by atoms with van der Waals surface area (Å²) in [6.45, 7) is 0.537. The first-order chi connectivity index (χ1) is 6.77. The van der Waals surface area contributed by atoms with Crippen LogP contribution >= 0.6 is 0 Å². The summed E-state index contributed by atoms with van der Waals surface area (Å²) in [5.74, 6) is 0.432. The number of carbonyl (C=O) groups is 1. The van der Waals surface area contributed by atoms with Gasteiger partial charge in [-0.15, -0.1) is 0 Å². The number of hydrogen-bond acceptors (Lipinski definition) is 3. The molecule has 14 heavy (non-hydrogen) atoms. The first-order valence-electron chi connectivity index (χ1n) is 5.35. The highest BCUT2D eigenvalue weighted by atomic mass is 16.2. The van der Waals surface area contributed by atoms with E-state index in [0.29, 0.717) is 12.6 Å². The van der Waals surface area contributed by atoms with Crippen LogP contribution < -0.4 is 5.32 Å². The van der Waals surface area contributed by atoms with Crippen molar-refractivity contribution in [1.82, 2.24) is 10.3 Å². The van der Waals surface area contributed by atoms with Gasteiger partial charge in [0.1, 0.15) is 12.4 Å². The molecule has 1 heterocycles. The summed E-state index contributed by atoms with van der Waals surface area (Å²) < 4.78 is 0. The van der Waals surface area contributed by atoms with E-state index in [0.717, 1.165) is 18.6 Å². The lowest BCUT2D eigenvalue weighted by Crippen LogP contribution is -2.46. The molecule has 4 nitrogen and oxygen atoms in total. The van der Waals surface area contributed by atoms with Crippen LogP contribution in [0.15, 0.2) is 5.10 Å². The summed E-state index contributed by atoms with van der Waals surface area (Å²) in [5, 5.41) is 8.96. The summed E-state index contributed by atoms with van der Waals surface area (Å²) >= 11 is 0. The molecule has 0 aromatic carbocycles. The minimum atomic E-state index is 0.0370. The van der Waals surface area contributed by atoms with E-state index in [1.807, 2.05) is 7.05 Å². The second kappa shape index (κ2) is 3.98.